The number of rotatable bonds is 23. The zero-order valence-electron chi connectivity index (χ0n) is 23.5. The molecule has 0 aromatic heterocycles. The van der Waals surface area contributed by atoms with E-state index in [2.05, 4.69) is 12.2 Å². The summed E-state index contributed by atoms with van der Waals surface area (Å²) in [5, 5.41) is 12.2. The van der Waals surface area contributed by atoms with Gasteiger partial charge in [-0.2, -0.15) is 0 Å². The number of esters is 1. The van der Waals surface area contributed by atoms with E-state index >= 15 is 0 Å². The number of unbranched alkanes of at least 4 members (excludes halogenated alkanes) is 12. The number of carbonyl (C=O) groups excluding carboxylic acids is 2. The molecule has 0 rings (SSSR count). The molecule has 0 saturated carbocycles. The van der Waals surface area contributed by atoms with Crippen LogP contribution in [-0.4, -0.2) is 60.1 Å². The summed E-state index contributed by atoms with van der Waals surface area (Å²) in [5.41, 5.74) is -0.660. The molecule has 0 aliphatic heterocycles. The smallest absolute Gasteiger partial charge is 0.463 e. The number of ether oxygens (including phenoxy) is 2. The van der Waals surface area contributed by atoms with Crippen molar-refractivity contribution < 1.29 is 42.7 Å². The lowest BCUT2D eigenvalue weighted by atomic mass is 10.0. The highest BCUT2D eigenvalue weighted by atomic mass is 31.2. The highest BCUT2D eigenvalue weighted by Gasteiger charge is 2.23. The number of phosphoric ester groups is 1. The second-order valence-electron chi connectivity index (χ2n) is 10.4. The van der Waals surface area contributed by atoms with Crippen molar-refractivity contribution >= 4 is 19.9 Å². The van der Waals surface area contributed by atoms with Gasteiger partial charge in [0.2, 0.25) is 0 Å². The van der Waals surface area contributed by atoms with Crippen molar-refractivity contribution in [1.29, 1.82) is 0 Å². The molecule has 0 aliphatic rings. The van der Waals surface area contributed by atoms with E-state index < -0.39 is 38.2 Å². The SMILES string of the molecule is CCCCCCCCCCCCCCCC(=O)OC[C@@H](O)COP(=O)(O)OCCNC(=O)OC(C)(C)C. The fourth-order valence-electron chi connectivity index (χ4n) is 3.44. The molecule has 3 N–H and O–H groups in total. The number of aliphatic hydroxyl groups is 1. The number of hydrogen-bond acceptors (Lipinski definition) is 8. The van der Waals surface area contributed by atoms with Gasteiger partial charge in [0.25, 0.3) is 0 Å². The topological polar surface area (TPSA) is 141 Å². The summed E-state index contributed by atoms with van der Waals surface area (Å²) in [7, 11) is -4.43. The Kier molecular flexibility index (Phi) is 21.0. The minimum absolute atomic E-state index is 0.0673. The van der Waals surface area contributed by atoms with Crippen LogP contribution in [0.2, 0.25) is 0 Å². The van der Waals surface area contributed by atoms with Crippen molar-refractivity contribution in [2.45, 2.75) is 129 Å². The zero-order chi connectivity index (χ0) is 28.0. The third-order valence-electron chi connectivity index (χ3n) is 5.38. The largest absolute Gasteiger partial charge is 0.472 e. The van der Waals surface area contributed by atoms with Gasteiger partial charge in [-0.3, -0.25) is 13.8 Å². The second-order valence-corrected chi connectivity index (χ2v) is 11.8. The van der Waals surface area contributed by atoms with Crippen LogP contribution in [0.5, 0.6) is 0 Å². The Morgan fingerprint density at radius 3 is 1.86 bits per heavy atom. The zero-order valence-corrected chi connectivity index (χ0v) is 24.4. The first kappa shape index (κ1) is 35.8. The van der Waals surface area contributed by atoms with E-state index in [0.29, 0.717) is 0 Å². The summed E-state index contributed by atoms with van der Waals surface area (Å²) < 4.78 is 31.3. The summed E-state index contributed by atoms with van der Waals surface area (Å²) >= 11 is 0. The predicted molar refractivity (Wildman–Crippen MR) is 143 cm³/mol. The first-order valence-corrected chi connectivity index (χ1v) is 15.4. The van der Waals surface area contributed by atoms with Gasteiger partial charge in [0.15, 0.2) is 0 Å². The Balaban J connectivity index is 3.66. The Morgan fingerprint density at radius 1 is 0.838 bits per heavy atom. The molecule has 0 spiro atoms. The molecular weight excluding hydrogens is 501 g/mol. The molecule has 0 fully saturated rings. The number of aliphatic hydroxyl groups excluding tert-OH is 1. The third kappa shape index (κ3) is 26.2. The average molecular weight is 554 g/mol. The molecule has 0 aliphatic carbocycles. The van der Waals surface area contributed by atoms with E-state index in [1.165, 1.54) is 64.2 Å². The van der Waals surface area contributed by atoms with Gasteiger partial charge in [-0.05, 0) is 27.2 Å². The van der Waals surface area contributed by atoms with E-state index in [1.807, 2.05) is 0 Å². The van der Waals surface area contributed by atoms with E-state index in [4.69, 9.17) is 18.5 Å². The van der Waals surface area contributed by atoms with Crippen molar-refractivity contribution in [3.63, 3.8) is 0 Å². The van der Waals surface area contributed by atoms with E-state index in [1.54, 1.807) is 20.8 Å². The number of carbonyl (C=O) groups is 2. The third-order valence-corrected chi connectivity index (χ3v) is 6.36. The van der Waals surface area contributed by atoms with Crippen molar-refractivity contribution in [3.8, 4) is 0 Å². The second kappa shape index (κ2) is 21.7. The molecule has 37 heavy (non-hydrogen) atoms. The molecule has 0 aromatic carbocycles. The van der Waals surface area contributed by atoms with Crippen molar-refractivity contribution in [2.24, 2.45) is 0 Å². The molecule has 0 aromatic rings. The van der Waals surface area contributed by atoms with E-state index in [-0.39, 0.29) is 26.2 Å². The van der Waals surface area contributed by atoms with Crippen molar-refractivity contribution in [2.75, 3.05) is 26.4 Å². The highest BCUT2D eigenvalue weighted by molar-refractivity contribution is 7.47. The standard InChI is InChI=1S/C26H52NO9P/c1-5-6-7-8-9-10-11-12-13-14-15-16-17-18-24(29)33-21-23(28)22-35-37(31,32)34-20-19-27-25(30)36-26(2,3)4/h23,28H,5-22H2,1-4H3,(H,27,30)(H,31,32)/t23-/m1/s1. The van der Waals surface area contributed by atoms with Crippen LogP contribution in [-0.2, 0) is 27.9 Å². The first-order chi connectivity index (χ1) is 17.4. The summed E-state index contributed by atoms with van der Waals surface area (Å²) in [5.74, 6) is -0.418. The van der Waals surface area contributed by atoms with Crippen LogP contribution in [0.25, 0.3) is 0 Å². The molecule has 2 atom stereocenters. The number of amides is 1. The fraction of sp³-hybridized carbons (Fsp3) is 0.923. The predicted octanol–water partition coefficient (Wildman–Crippen LogP) is 6.03. The highest BCUT2D eigenvalue weighted by Crippen LogP contribution is 2.42. The van der Waals surface area contributed by atoms with Crippen molar-refractivity contribution in [1.82, 2.24) is 5.32 Å². The monoisotopic (exact) mass is 553 g/mol. The minimum Gasteiger partial charge on any atom is -0.463 e. The maximum Gasteiger partial charge on any atom is 0.472 e. The lowest BCUT2D eigenvalue weighted by Gasteiger charge is -2.20. The molecule has 1 unspecified atom stereocenters. The van der Waals surface area contributed by atoms with Crippen LogP contribution in [0.1, 0.15) is 118 Å². The molecule has 1 amide bonds. The maximum atomic E-state index is 11.8. The van der Waals surface area contributed by atoms with Crippen LogP contribution < -0.4 is 5.32 Å². The van der Waals surface area contributed by atoms with Gasteiger partial charge in [-0.25, -0.2) is 9.36 Å². The summed E-state index contributed by atoms with van der Waals surface area (Å²) in [6.07, 6.45) is 14.2. The molecule has 220 valence electrons. The summed E-state index contributed by atoms with van der Waals surface area (Å²) in [6, 6.07) is 0. The normalized spacial score (nSPS) is 14.1. The van der Waals surface area contributed by atoms with E-state index in [0.717, 1.165) is 19.3 Å². The Hall–Kier alpha value is -1.19. The molecule has 0 bridgehead atoms. The Labute approximate surface area is 223 Å². The summed E-state index contributed by atoms with van der Waals surface area (Å²) in [6.45, 7) is 6.13. The van der Waals surface area contributed by atoms with Gasteiger partial charge in [0, 0.05) is 13.0 Å². The van der Waals surface area contributed by atoms with Gasteiger partial charge in [-0.15, -0.1) is 0 Å². The first-order valence-electron chi connectivity index (χ1n) is 13.9. The number of hydrogen-bond donors (Lipinski definition) is 3. The Morgan fingerprint density at radius 2 is 1.35 bits per heavy atom. The lowest BCUT2D eigenvalue weighted by molar-refractivity contribution is -0.147. The molecule has 0 heterocycles. The van der Waals surface area contributed by atoms with Gasteiger partial charge >= 0.3 is 19.9 Å². The number of alkyl carbamates (subject to hydrolysis) is 1. The van der Waals surface area contributed by atoms with Crippen LogP contribution in [0, 0.1) is 0 Å². The quantitative estimate of drug-likeness (QED) is 0.0785. The molecule has 11 heteroatoms. The minimum atomic E-state index is -4.43. The molecule has 0 saturated heterocycles. The average Bonchev–Trinajstić information content (AvgIpc) is 2.81. The molecular formula is C26H52NO9P. The van der Waals surface area contributed by atoms with E-state index in [9.17, 15) is 24.2 Å². The molecule has 10 nitrogen and oxygen atoms in total. The van der Waals surface area contributed by atoms with Gasteiger partial charge < -0.3 is 24.8 Å². The number of phosphoric acid groups is 1. The lowest BCUT2D eigenvalue weighted by Crippen LogP contribution is -2.34. The van der Waals surface area contributed by atoms with Gasteiger partial charge in [0.1, 0.15) is 18.3 Å². The molecule has 0 radical (unpaired) electrons. The fourth-order valence-corrected chi connectivity index (χ4v) is 4.20. The van der Waals surface area contributed by atoms with Gasteiger partial charge in [0.05, 0.1) is 13.2 Å². The maximum absolute atomic E-state index is 11.8. The number of nitrogens with one attached hydrogen (secondary N) is 1. The van der Waals surface area contributed by atoms with Crippen LogP contribution in [0.15, 0.2) is 0 Å². The van der Waals surface area contributed by atoms with Gasteiger partial charge in [-0.1, -0.05) is 84.0 Å². The summed E-state index contributed by atoms with van der Waals surface area (Å²) in [4.78, 5) is 32.9. The van der Waals surface area contributed by atoms with Crippen LogP contribution in [0.3, 0.4) is 0 Å². The Bertz CT molecular complexity index is 640. The van der Waals surface area contributed by atoms with Crippen molar-refractivity contribution in [3.05, 3.63) is 0 Å². The van der Waals surface area contributed by atoms with Crippen LogP contribution >= 0.6 is 7.82 Å². The van der Waals surface area contributed by atoms with Crippen LogP contribution in [0.4, 0.5) is 4.79 Å².